The molecule has 0 aliphatic carbocycles. The average Bonchev–Trinajstić information content (AvgIpc) is 3.52. The molecular weight excluding hydrogens is 588 g/mol. The maximum absolute atomic E-state index is 11.7. The Bertz CT molecular complexity index is 2090. The number of aromatic carboxylic acids is 2. The van der Waals surface area contributed by atoms with Crippen molar-refractivity contribution in [2.75, 3.05) is 0 Å². The maximum atomic E-state index is 11.7. The molecule has 6 aromatic rings. The highest BCUT2D eigenvalue weighted by atomic mass is 16.4. The fourth-order valence-corrected chi connectivity index (χ4v) is 6.02. The summed E-state index contributed by atoms with van der Waals surface area (Å²) in [5.41, 5.74) is 4.38. The molecule has 6 rings (SSSR count). The van der Waals surface area contributed by atoms with Crippen molar-refractivity contribution in [3.63, 3.8) is 0 Å². The number of hydrogen-bond donors (Lipinski definition) is 6. The van der Waals surface area contributed by atoms with Gasteiger partial charge in [0.15, 0.2) is 0 Å². The Morgan fingerprint density at radius 2 is 1.09 bits per heavy atom. The molecule has 0 aliphatic rings. The van der Waals surface area contributed by atoms with Crippen LogP contribution in [0.2, 0.25) is 0 Å². The molecule has 4 aromatic carbocycles. The Morgan fingerprint density at radius 1 is 0.587 bits per heavy atom. The molecule has 0 atom stereocenters. The quantitative estimate of drug-likeness (QED) is 0.109. The number of phenols is 4. The van der Waals surface area contributed by atoms with Gasteiger partial charge in [-0.2, -0.15) is 0 Å². The predicted octanol–water partition coefficient (Wildman–Crippen LogP) is 6.72. The van der Waals surface area contributed by atoms with Gasteiger partial charge in [0.25, 0.3) is 0 Å². The maximum Gasteiger partial charge on any atom is 0.338 e. The number of aromatic nitrogens is 2. The smallest absolute Gasteiger partial charge is 0.338 e. The summed E-state index contributed by atoms with van der Waals surface area (Å²) in [5.74, 6) is -1.77. The first-order valence-corrected chi connectivity index (χ1v) is 14.7. The van der Waals surface area contributed by atoms with E-state index in [0.717, 1.165) is 5.52 Å². The van der Waals surface area contributed by atoms with E-state index >= 15 is 0 Å². The third-order valence-electron chi connectivity index (χ3n) is 8.07. The van der Waals surface area contributed by atoms with Crippen molar-refractivity contribution in [2.24, 2.45) is 0 Å². The molecule has 0 saturated carbocycles. The lowest BCUT2D eigenvalue weighted by molar-refractivity contribution is 0.0686. The van der Waals surface area contributed by atoms with E-state index in [1.54, 1.807) is 48.5 Å². The van der Waals surface area contributed by atoms with Gasteiger partial charge in [-0.3, -0.25) is 0 Å². The van der Waals surface area contributed by atoms with Crippen molar-refractivity contribution in [1.29, 1.82) is 0 Å². The lowest BCUT2D eigenvalue weighted by Gasteiger charge is -2.11. The molecule has 6 N–H and O–H groups in total. The highest BCUT2D eigenvalue weighted by Gasteiger charge is 2.24. The molecule has 0 spiro atoms. The molecule has 0 amide bonds. The Balaban J connectivity index is 0.000000181. The third kappa shape index (κ3) is 5.80. The second-order valence-electron chi connectivity index (χ2n) is 10.8. The first kappa shape index (κ1) is 31.5. The summed E-state index contributed by atoms with van der Waals surface area (Å²) in [4.78, 5) is 23.4. The standard InChI is InChI=1S/2C18H17NO4/c1-2-12-17(18(22)23)16-13(7-5-9-15(16)21)19(12)10-11-6-3-4-8-14(11)20;1-2-14-17(18(22)23)13-9-12(20)7-8-15(13)19(14)10-11-5-3-4-6-16(11)21/h2*3-9,20-21H,2,10H2,1H3,(H,22,23). The topological polar surface area (TPSA) is 165 Å². The van der Waals surface area contributed by atoms with Crippen LogP contribution in [0.1, 0.15) is 57.1 Å². The summed E-state index contributed by atoms with van der Waals surface area (Å²) in [6.45, 7) is 4.47. The average molecular weight is 623 g/mol. The minimum absolute atomic E-state index is 0.0300. The molecule has 10 heteroatoms. The van der Waals surface area contributed by atoms with Crippen LogP contribution in [0.3, 0.4) is 0 Å². The number of carboxylic acid groups (broad SMARTS) is 2. The van der Waals surface area contributed by atoms with Crippen LogP contribution in [0.25, 0.3) is 21.8 Å². The minimum Gasteiger partial charge on any atom is -0.508 e. The van der Waals surface area contributed by atoms with Crippen molar-refractivity contribution in [3.8, 4) is 23.0 Å². The van der Waals surface area contributed by atoms with Gasteiger partial charge in [-0.15, -0.1) is 0 Å². The van der Waals surface area contributed by atoms with Gasteiger partial charge in [-0.25, -0.2) is 9.59 Å². The van der Waals surface area contributed by atoms with Crippen LogP contribution >= 0.6 is 0 Å². The van der Waals surface area contributed by atoms with Crippen LogP contribution in [0, 0.1) is 0 Å². The highest BCUT2D eigenvalue weighted by Crippen LogP contribution is 2.35. The van der Waals surface area contributed by atoms with Crippen LogP contribution in [-0.2, 0) is 25.9 Å². The van der Waals surface area contributed by atoms with Gasteiger partial charge < -0.3 is 39.8 Å². The number of aromatic hydroxyl groups is 4. The first-order chi connectivity index (χ1) is 22.1. The highest BCUT2D eigenvalue weighted by molar-refractivity contribution is 6.08. The summed E-state index contributed by atoms with van der Waals surface area (Å²) in [6.07, 6.45) is 1.04. The second-order valence-corrected chi connectivity index (χ2v) is 10.8. The van der Waals surface area contributed by atoms with E-state index in [-0.39, 0.29) is 34.1 Å². The Hall–Kier alpha value is -5.90. The van der Waals surface area contributed by atoms with E-state index < -0.39 is 11.9 Å². The van der Waals surface area contributed by atoms with Gasteiger partial charge >= 0.3 is 11.9 Å². The Morgan fingerprint density at radius 3 is 1.61 bits per heavy atom. The summed E-state index contributed by atoms with van der Waals surface area (Å²) >= 11 is 0. The van der Waals surface area contributed by atoms with Crippen molar-refractivity contribution in [1.82, 2.24) is 9.13 Å². The molecule has 46 heavy (non-hydrogen) atoms. The van der Waals surface area contributed by atoms with Crippen molar-refractivity contribution >= 4 is 33.7 Å². The summed E-state index contributed by atoms with van der Waals surface area (Å²) in [6, 6.07) is 23.6. The van der Waals surface area contributed by atoms with E-state index in [2.05, 4.69) is 0 Å². The lowest BCUT2D eigenvalue weighted by atomic mass is 10.1. The fraction of sp³-hybridized carbons (Fsp3) is 0.167. The number of carbonyl (C=O) groups is 2. The zero-order valence-corrected chi connectivity index (χ0v) is 25.3. The van der Waals surface area contributed by atoms with E-state index in [1.807, 2.05) is 41.2 Å². The molecule has 236 valence electrons. The van der Waals surface area contributed by atoms with Crippen LogP contribution in [0.5, 0.6) is 23.0 Å². The Labute approximate surface area is 264 Å². The van der Waals surface area contributed by atoms with Crippen LogP contribution < -0.4 is 0 Å². The normalized spacial score (nSPS) is 11.0. The number of para-hydroxylation sites is 2. The SMILES string of the molecule is CCc1c(C(=O)O)c2c(O)cccc2n1Cc1ccccc1O.CCc1c(C(=O)O)c2cc(O)ccc2n1Cc1ccccc1O. The van der Waals surface area contributed by atoms with Crippen molar-refractivity contribution < 1.29 is 40.2 Å². The van der Waals surface area contributed by atoms with Crippen LogP contribution in [0.4, 0.5) is 0 Å². The number of carboxylic acids is 2. The summed E-state index contributed by atoms with van der Waals surface area (Å²) in [7, 11) is 0. The molecule has 2 aromatic heterocycles. The summed E-state index contributed by atoms with van der Waals surface area (Å²) in [5, 5.41) is 59.8. The monoisotopic (exact) mass is 622 g/mol. The molecule has 2 heterocycles. The molecule has 0 bridgehead atoms. The third-order valence-corrected chi connectivity index (χ3v) is 8.07. The van der Waals surface area contributed by atoms with E-state index in [0.29, 0.717) is 64.7 Å². The van der Waals surface area contributed by atoms with Crippen LogP contribution in [-0.4, -0.2) is 51.7 Å². The van der Waals surface area contributed by atoms with E-state index in [9.17, 15) is 40.2 Å². The number of nitrogens with zero attached hydrogens (tertiary/aromatic N) is 2. The van der Waals surface area contributed by atoms with Gasteiger partial charge in [-0.05, 0) is 55.3 Å². The minimum atomic E-state index is -1.07. The molecule has 0 unspecified atom stereocenters. The van der Waals surface area contributed by atoms with Crippen LogP contribution in [0.15, 0.2) is 84.9 Å². The number of hydrogen-bond acceptors (Lipinski definition) is 6. The zero-order chi connectivity index (χ0) is 33.1. The molecule has 10 nitrogen and oxygen atoms in total. The fourth-order valence-electron chi connectivity index (χ4n) is 6.02. The molecule has 0 radical (unpaired) electrons. The van der Waals surface area contributed by atoms with E-state index in [4.69, 9.17) is 0 Å². The van der Waals surface area contributed by atoms with Crippen molar-refractivity contribution in [2.45, 2.75) is 39.8 Å². The van der Waals surface area contributed by atoms with E-state index in [1.165, 1.54) is 18.2 Å². The van der Waals surface area contributed by atoms with Gasteiger partial charge in [0.1, 0.15) is 23.0 Å². The zero-order valence-electron chi connectivity index (χ0n) is 25.3. The van der Waals surface area contributed by atoms with Gasteiger partial charge in [0, 0.05) is 33.4 Å². The largest absolute Gasteiger partial charge is 0.508 e. The number of rotatable bonds is 8. The number of benzene rings is 4. The Kier molecular flexibility index (Phi) is 8.90. The summed E-state index contributed by atoms with van der Waals surface area (Å²) < 4.78 is 3.72. The first-order valence-electron chi connectivity index (χ1n) is 14.7. The van der Waals surface area contributed by atoms with Gasteiger partial charge in [-0.1, -0.05) is 56.3 Å². The number of fused-ring (bicyclic) bond motifs is 2. The lowest BCUT2D eigenvalue weighted by Crippen LogP contribution is -2.07. The second kappa shape index (κ2) is 13.0. The van der Waals surface area contributed by atoms with Crippen molar-refractivity contribution in [3.05, 3.63) is 119 Å². The molecule has 0 fully saturated rings. The predicted molar refractivity (Wildman–Crippen MR) is 174 cm³/mol. The molecule has 0 aliphatic heterocycles. The molecule has 0 saturated heterocycles. The van der Waals surface area contributed by atoms with Gasteiger partial charge in [0.2, 0.25) is 0 Å². The van der Waals surface area contributed by atoms with Gasteiger partial charge in [0.05, 0.1) is 35.1 Å². The number of phenolic OH excluding ortho intramolecular Hbond substituents is 4. The molecular formula is C36H34N2O8.